The highest BCUT2D eigenvalue weighted by Gasteiger charge is 2.26. The molecule has 24 heavy (non-hydrogen) atoms. The van der Waals surface area contributed by atoms with Crippen molar-refractivity contribution in [2.24, 2.45) is 7.05 Å². The number of rotatable bonds is 6. The Balaban J connectivity index is 1.60. The number of carbonyl (C=O) groups excluding carboxylic acids is 1. The van der Waals surface area contributed by atoms with Crippen LogP contribution in [-0.4, -0.2) is 40.2 Å². The van der Waals surface area contributed by atoms with Crippen molar-refractivity contribution in [3.63, 3.8) is 0 Å². The molecule has 0 saturated carbocycles. The van der Waals surface area contributed by atoms with Gasteiger partial charge < -0.3 is 9.73 Å². The molecule has 2 aromatic rings. The molecule has 1 aliphatic rings. The summed E-state index contributed by atoms with van der Waals surface area (Å²) in [6.07, 6.45) is 9.30. The van der Waals surface area contributed by atoms with Gasteiger partial charge in [0, 0.05) is 31.4 Å². The van der Waals surface area contributed by atoms with Gasteiger partial charge in [-0.15, -0.1) is 0 Å². The molecule has 0 bridgehead atoms. The van der Waals surface area contributed by atoms with E-state index < -0.39 is 0 Å². The van der Waals surface area contributed by atoms with Gasteiger partial charge in [-0.1, -0.05) is 0 Å². The maximum absolute atomic E-state index is 12.1. The van der Waals surface area contributed by atoms with E-state index in [0.29, 0.717) is 6.54 Å². The topological polar surface area (TPSA) is 63.3 Å². The molecule has 3 heterocycles. The Labute approximate surface area is 142 Å². The minimum absolute atomic E-state index is 0.0944. The van der Waals surface area contributed by atoms with Gasteiger partial charge in [-0.05, 0) is 51.1 Å². The second-order valence-corrected chi connectivity index (χ2v) is 6.23. The first-order valence-electron chi connectivity index (χ1n) is 8.37. The predicted molar refractivity (Wildman–Crippen MR) is 92.2 cm³/mol. The lowest BCUT2D eigenvalue weighted by atomic mass is 10.2. The highest BCUT2D eigenvalue weighted by molar-refractivity contribution is 5.91. The summed E-state index contributed by atoms with van der Waals surface area (Å²) >= 11 is 0. The van der Waals surface area contributed by atoms with Crippen molar-refractivity contribution in [1.29, 1.82) is 0 Å². The molecule has 0 spiro atoms. The Hall–Kier alpha value is -2.34. The average molecular weight is 328 g/mol. The van der Waals surface area contributed by atoms with Gasteiger partial charge >= 0.3 is 0 Å². The minimum atomic E-state index is -0.105. The Kier molecular flexibility index (Phi) is 5.15. The Morgan fingerprint density at radius 2 is 2.21 bits per heavy atom. The zero-order valence-corrected chi connectivity index (χ0v) is 14.2. The van der Waals surface area contributed by atoms with E-state index in [1.807, 2.05) is 32.3 Å². The highest BCUT2D eigenvalue weighted by Crippen LogP contribution is 2.26. The van der Waals surface area contributed by atoms with E-state index in [-0.39, 0.29) is 11.9 Å². The van der Waals surface area contributed by atoms with Crippen LogP contribution in [0.4, 0.5) is 0 Å². The van der Waals surface area contributed by atoms with Gasteiger partial charge in [0.15, 0.2) is 0 Å². The smallest absolute Gasteiger partial charge is 0.244 e. The number of carbonyl (C=O) groups is 1. The van der Waals surface area contributed by atoms with E-state index in [2.05, 4.69) is 15.3 Å². The van der Waals surface area contributed by atoms with E-state index in [9.17, 15) is 4.79 Å². The van der Waals surface area contributed by atoms with Crippen molar-refractivity contribution >= 4 is 12.0 Å². The standard InChI is InChI=1S/C18H24N4O2/c1-14-5-7-17(24-14)16(22-9-3-4-10-22)12-19-18(23)8-6-15-11-20-21(2)13-15/h5-8,11,13,16H,3-4,9-10,12H2,1-2H3,(H,19,23)/b8-6+/t16-/m0/s1. The fourth-order valence-electron chi connectivity index (χ4n) is 3.05. The maximum Gasteiger partial charge on any atom is 0.244 e. The number of aryl methyl sites for hydroxylation is 2. The van der Waals surface area contributed by atoms with Crippen LogP contribution in [0.2, 0.25) is 0 Å². The van der Waals surface area contributed by atoms with Crippen LogP contribution in [0, 0.1) is 6.92 Å². The van der Waals surface area contributed by atoms with Crippen molar-refractivity contribution in [3.8, 4) is 0 Å². The van der Waals surface area contributed by atoms with Gasteiger partial charge in [0.05, 0.1) is 12.2 Å². The summed E-state index contributed by atoms with van der Waals surface area (Å²) in [5.74, 6) is 1.72. The van der Waals surface area contributed by atoms with E-state index >= 15 is 0 Å². The van der Waals surface area contributed by atoms with Crippen molar-refractivity contribution in [1.82, 2.24) is 20.0 Å². The first kappa shape index (κ1) is 16.5. The fourth-order valence-corrected chi connectivity index (χ4v) is 3.05. The monoisotopic (exact) mass is 328 g/mol. The number of aromatic nitrogens is 2. The summed E-state index contributed by atoms with van der Waals surface area (Å²) in [7, 11) is 1.85. The molecular formula is C18H24N4O2. The SMILES string of the molecule is Cc1ccc([C@H](CNC(=O)/C=C/c2cnn(C)c2)N2CCCC2)o1. The zero-order chi connectivity index (χ0) is 16.9. The zero-order valence-electron chi connectivity index (χ0n) is 14.2. The Morgan fingerprint density at radius 3 is 2.83 bits per heavy atom. The average Bonchev–Trinajstić information content (AvgIpc) is 3.29. The lowest BCUT2D eigenvalue weighted by Crippen LogP contribution is -2.36. The summed E-state index contributed by atoms with van der Waals surface area (Å²) < 4.78 is 7.51. The molecule has 1 atom stereocenters. The molecular weight excluding hydrogens is 304 g/mol. The number of hydrogen-bond acceptors (Lipinski definition) is 4. The second kappa shape index (κ2) is 7.49. The molecule has 1 fully saturated rings. The van der Waals surface area contributed by atoms with E-state index in [1.54, 1.807) is 23.0 Å². The van der Waals surface area contributed by atoms with Crippen LogP contribution in [0.1, 0.15) is 36.0 Å². The van der Waals surface area contributed by atoms with E-state index in [0.717, 1.165) is 30.2 Å². The maximum atomic E-state index is 12.1. The summed E-state index contributed by atoms with van der Waals surface area (Å²) in [6.45, 7) is 4.58. The van der Waals surface area contributed by atoms with Crippen molar-refractivity contribution in [2.75, 3.05) is 19.6 Å². The number of nitrogens with one attached hydrogen (secondary N) is 1. The third-order valence-electron chi connectivity index (χ3n) is 4.29. The molecule has 6 heteroatoms. The largest absolute Gasteiger partial charge is 0.465 e. The lowest BCUT2D eigenvalue weighted by molar-refractivity contribution is -0.116. The van der Waals surface area contributed by atoms with Crippen LogP contribution < -0.4 is 5.32 Å². The number of amides is 1. The first-order valence-corrected chi connectivity index (χ1v) is 8.37. The van der Waals surface area contributed by atoms with Crippen LogP contribution in [0.5, 0.6) is 0 Å². The number of likely N-dealkylation sites (tertiary alicyclic amines) is 1. The molecule has 0 unspecified atom stereocenters. The van der Waals surface area contributed by atoms with Crippen LogP contribution in [0.25, 0.3) is 6.08 Å². The van der Waals surface area contributed by atoms with Gasteiger partial charge in [0.2, 0.25) is 5.91 Å². The van der Waals surface area contributed by atoms with Gasteiger partial charge in [0.1, 0.15) is 11.5 Å². The highest BCUT2D eigenvalue weighted by atomic mass is 16.3. The molecule has 0 aromatic carbocycles. The number of furan rings is 1. The van der Waals surface area contributed by atoms with Crippen LogP contribution >= 0.6 is 0 Å². The van der Waals surface area contributed by atoms with Crippen LogP contribution in [0.15, 0.2) is 35.0 Å². The molecule has 128 valence electrons. The summed E-state index contributed by atoms with van der Waals surface area (Å²) in [4.78, 5) is 14.5. The summed E-state index contributed by atoms with van der Waals surface area (Å²) in [5.41, 5.74) is 0.908. The third kappa shape index (κ3) is 4.14. The van der Waals surface area contributed by atoms with Crippen molar-refractivity contribution < 1.29 is 9.21 Å². The fraction of sp³-hybridized carbons (Fsp3) is 0.444. The molecule has 1 N–H and O–H groups in total. The summed E-state index contributed by atoms with van der Waals surface area (Å²) in [6, 6.07) is 4.08. The molecule has 0 radical (unpaired) electrons. The number of nitrogens with zero attached hydrogens (tertiary/aromatic N) is 3. The van der Waals surface area contributed by atoms with Crippen LogP contribution in [-0.2, 0) is 11.8 Å². The second-order valence-electron chi connectivity index (χ2n) is 6.23. The predicted octanol–water partition coefficient (Wildman–Crippen LogP) is 2.29. The molecule has 1 aliphatic heterocycles. The quantitative estimate of drug-likeness (QED) is 0.827. The lowest BCUT2D eigenvalue weighted by Gasteiger charge is -2.25. The minimum Gasteiger partial charge on any atom is -0.465 e. The van der Waals surface area contributed by atoms with Gasteiger partial charge in [-0.3, -0.25) is 14.4 Å². The Morgan fingerprint density at radius 1 is 1.42 bits per heavy atom. The normalized spacial score (nSPS) is 16.8. The molecule has 2 aromatic heterocycles. The molecule has 0 aliphatic carbocycles. The van der Waals surface area contributed by atoms with Gasteiger partial charge in [-0.2, -0.15) is 5.10 Å². The van der Waals surface area contributed by atoms with E-state index in [1.165, 1.54) is 12.8 Å². The van der Waals surface area contributed by atoms with Gasteiger partial charge in [-0.25, -0.2) is 0 Å². The van der Waals surface area contributed by atoms with Crippen molar-refractivity contribution in [3.05, 3.63) is 47.7 Å². The summed E-state index contributed by atoms with van der Waals surface area (Å²) in [5, 5.41) is 7.07. The third-order valence-corrected chi connectivity index (χ3v) is 4.29. The van der Waals surface area contributed by atoms with Crippen LogP contribution in [0.3, 0.4) is 0 Å². The molecule has 6 nitrogen and oxygen atoms in total. The molecule has 3 rings (SSSR count). The molecule has 1 saturated heterocycles. The van der Waals surface area contributed by atoms with E-state index in [4.69, 9.17) is 4.42 Å². The number of hydrogen-bond donors (Lipinski definition) is 1. The van der Waals surface area contributed by atoms with Gasteiger partial charge in [0.25, 0.3) is 0 Å². The first-order chi connectivity index (χ1) is 11.6. The van der Waals surface area contributed by atoms with Crippen molar-refractivity contribution in [2.45, 2.75) is 25.8 Å². The molecule has 1 amide bonds. The Bertz CT molecular complexity index is 710.